The van der Waals surface area contributed by atoms with Gasteiger partial charge in [0.15, 0.2) is 0 Å². The van der Waals surface area contributed by atoms with Crippen LogP contribution in [0.15, 0.2) is 76.5 Å². The summed E-state index contributed by atoms with van der Waals surface area (Å²) < 4.78 is 62.1. The highest BCUT2D eigenvalue weighted by molar-refractivity contribution is 7.93. The Labute approximate surface area is 223 Å². The Bertz CT molecular complexity index is 1510. The van der Waals surface area contributed by atoms with E-state index in [1.165, 1.54) is 49.6 Å². The molecule has 0 aliphatic carbocycles. The van der Waals surface area contributed by atoms with Crippen LogP contribution in [0, 0.1) is 6.92 Å². The van der Waals surface area contributed by atoms with Gasteiger partial charge in [0, 0.05) is 24.5 Å². The average molecular weight is 558 g/mol. The van der Waals surface area contributed by atoms with Crippen LogP contribution in [0.1, 0.15) is 41.6 Å². The van der Waals surface area contributed by atoms with Gasteiger partial charge in [0.1, 0.15) is 5.75 Å². The molecule has 0 saturated carbocycles. The van der Waals surface area contributed by atoms with Crippen molar-refractivity contribution in [2.75, 3.05) is 29.6 Å². The summed E-state index contributed by atoms with van der Waals surface area (Å²) in [6, 6.07) is 16.5. The van der Waals surface area contributed by atoms with Gasteiger partial charge in [0.2, 0.25) is 0 Å². The van der Waals surface area contributed by atoms with Crippen molar-refractivity contribution in [3.05, 3.63) is 77.9 Å². The predicted octanol–water partition coefficient (Wildman–Crippen LogP) is 4.62. The molecule has 1 aliphatic heterocycles. The monoisotopic (exact) mass is 557 g/mol. The first-order chi connectivity index (χ1) is 18.1. The number of likely N-dealkylation sites (tertiary alicyclic amines) is 1. The fraction of sp³-hybridized carbons (Fsp3) is 0.296. The second-order valence-corrected chi connectivity index (χ2v) is 12.5. The maximum Gasteiger partial charge on any atom is 0.261 e. The zero-order valence-corrected chi connectivity index (χ0v) is 22.9. The normalized spacial score (nSPS) is 14.4. The molecule has 9 nitrogen and oxygen atoms in total. The lowest BCUT2D eigenvalue weighted by Gasteiger charge is -2.22. The Morgan fingerprint density at radius 2 is 1.37 bits per heavy atom. The third kappa shape index (κ3) is 6.46. The average Bonchev–Trinajstić information content (AvgIpc) is 3.17. The summed E-state index contributed by atoms with van der Waals surface area (Å²) in [4.78, 5) is 14.8. The molecule has 4 rings (SSSR count). The van der Waals surface area contributed by atoms with Crippen LogP contribution >= 0.6 is 0 Å². The van der Waals surface area contributed by atoms with Crippen LogP contribution in [0.4, 0.5) is 11.4 Å². The molecule has 0 bridgehead atoms. The van der Waals surface area contributed by atoms with Gasteiger partial charge in [0.05, 0.1) is 22.5 Å². The molecule has 0 atom stereocenters. The molecular weight excluding hydrogens is 526 g/mol. The number of ether oxygens (including phenoxy) is 1. The lowest BCUT2D eigenvalue weighted by Crippen LogP contribution is -2.32. The second kappa shape index (κ2) is 11.4. The lowest BCUT2D eigenvalue weighted by atomic mass is 10.1. The van der Waals surface area contributed by atoms with Crippen LogP contribution in [0.25, 0.3) is 0 Å². The summed E-state index contributed by atoms with van der Waals surface area (Å²) in [5.41, 5.74) is 1.70. The van der Waals surface area contributed by atoms with Crippen molar-refractivity contribution in [2.45, 2.75) is 42.4 Å². The van der Waals surface area contributed by atoms with E-state index in [1.54, 1.807) is 23.1 Å². The quantitative estimate of drug-likeness (QED) is 0.417. The molecule has 11 heteroatoms. The Balaban J connectivity index is 1.53. The number of nitrogens with zero attached hydrogens (tertiary/aromatic N) is 1. The number of aryl methyl sites for hydroxylation is 1. The highest BCUT2D eigenvalue weighted by atomic mass is 32.2. The van der Waals surface area contributed by atoms with Crippen LogP contribution < -0.4 is 14.2 Å². The smallest absolute Gasteiger partial charge is 0.261 e. The number of amides is 1. The lowest BCUT2D eigenvalue weighted by molar-refractivity contribution is 0.0758. The van der Waals surface area contributed by atoms with Crippen molar-refractivity contribution in [1.82, 2.24) is 4.90 Å². The molecule has 0 unspecified atom stereocenters. The Kier molecular flexibility index (Phi) is 8.27. The van der Waals surface area contributed by atoms with Crippen LogP contribution in [-0.2, 0) is 20.0 Å². The van der Waals surface area contributed by atoms with Crippen LogP contribution in [0.3, 0.4) is 0 Å². The highest BCUT2D eigenvalue weighted by Crippen LogP contribution is 2.27. The van der Waals surface area contributed by atoms with Gasteiger partial charge in [-0.25, -0.2) is 16.8 Å². The van der Waals surface area contributed by atoms with Crippen molar-refractivity contribution in [1.29, 1.82) is 0 Å². The van der Waals surface area contributed by atoms with Gasteiger partial charge < -0.3 is 9.64 Å². The van der Waals surface area contributed by atoms with E-state index in [2.05, 4.69) is 9.44 Å². The number of sulfonamides is 2. The van der Waals surface area contributed by atoms with E-state index in [9.17, 15) is 21.6 Å². The summed E-state index contributed by atoms with van der Waals surface area (Å²) in [7, 11) is -6.50. The minimum Gasteiger partial charge on any atom is -0.496 e. The van der Waals surface area contributed by atoms with E-state index in [1.807, 2.05) is 13.0 Å². The van der Waals surface area contributed by atoms with E-state index in [0.717, 1.165) is 31.2 Å². The summed E-state index contributed by atoms with van der Waals surface area (Å²) in [6.45, 7) is 3.09. The molecule has 38 heavy (non-hydrogen) atoms. The number of hydrogen-bond donors (Lipinski definition) is 2. The Morgan fingerprint density at radius 3 is 2.00 bits per heavy atom. The summed E-state index contributed by atoms with van der Waals surface area (Å²) >= 11 is 0. The second-order valence-electron chi connectivity index (χ2n) is 9.17. The number of carbonyl (C=O) groups excluding carboxylic acids is 1. The maximum absolute atomic E-state index is 13.2. The van der Waals surface area contributed by atoms with Crippen LogP contribution in [0.2, 0.25) is 0 Å². The minimum absolute atomic E-state index is 0.0169. The largest absolute Gasteiger partial charge is 0.496 e. The third-order valence-corrected chi connectivity index (χ3v) is 9.07. The van der Waals surface area contributed by atoms with Gasteiger partial charge in [0.25, 0.3) is 26.0 Å². The SMILES string of the molecule is COc1ccc(S(=O)(=O)Nc2ccc(S(=O)(=O)Nc3cccc(C)c3)cc2)cc1C(=O)N1CCCCCC1. The van der Waals surface area contributed by atoms with Gasteiger partial charge in [-0.05, 0) is 79.9 Å². The molecule has 3 aromatic carbocycles. The van der Waals surface area contributed by atoms with Gasteiger partial charge in [-0.3, -0.25) is 14.2 Å². The van der Waals surface area contributed by atoms with Crippen LogP contribution in [-0.4, -0.2) is 47.8 Å². The zero-order valence-electron chi connectivity index (χ0n) is 21.3. The molecule has 1 saturated heterocycles. The highest BCUT2D eigenvalue weighted by Gasteiger charge is 2.24. The molecule has 3 aromatic rings. The van der Waals surface area contributed by atoms with Crippen molar-refractivity contribution in [3.63, 3.8) is 0 Å². The maximum atomic E-state index is 13.2. The Morgan fingerprint density at radius 1 is 0.763 bits per heavy atom. The number of anilines is 2. The number of carbonyl (C=O) groups is 1. The molecule has 2 N–H and O–H groups in total. The van der Waals surface area contributed by atoms with Crippen LogP contribution in [0.5, 0.6) is 5.75 Å². The number of methoxy groups -OCH3 is 1. The minimum atomic E-state index is -4.08. The summed E-state index contributed by atoms with van der Waals surface area (Å²) in [5.74, 6) is 0.0327. The van der Waals surface area contributed by atoms with Gasteiger partial charge in [-0.2, -0.15) is 0 Å². The summed E-state index contributed by atoms with van der Waals surface area (Å²) in [5, 5.41) is 0. The first-order valence-electron chi connectivity index (χ1n) is 12.3. The Hall–Kier alpha value is -3.57. The fourth-order valence-corrected chi connectivity index (χ4v) is 6.44. The van der Waals surface area contributed by atoms with Gasteiger partial charge in [-0.1, -0.05) is 25.0 Å². The predicted molar refractivity (Wildman–Crippen MR) is 147 cm³/mol. The molecule has 0 aromatic heterocycles. The summed E-state index contributed by atoms with van der Waals surface area (Å²) in [6.07, 6.45) is 3.92. The molecule has 1 aliphatic rings. The van der Waals surface area contributed by atoms with Crippen molar-refractivity contribution in [2.24, 2.45) is 0 Å². The molecule has 0 spiro atoms. The van der Waals surface area contributed by atoms with Crippen molar-refractivity contribution >= 4 is 37.3 Å². The fourth-order valence-electron chi connectivity index (χ4n) is 4.30. The first kappa shape index (κ1) is 27.5. The number of hydrogen-bond acceptors (Lipinski definition) is 6. The zero-order chi connectivity index (χ0) is 27.3. The molecule has 1 fully saturated rings. The van der Waals surface area contributed by atoms with Gasteiger partial charge in [-0.15, -0.1) is 0 Å². The van der Waals surface area contributed by atoms with E-state index < -0.39 is 20.0 Å². The van der Waals surface area contributed by atoms with Crippen molar-refractivity contribution in [3.8, 4) is 5.75 Å². The topological polar surface area (TPSA) is 122 Å². The number of nitrogens with one attached hydrogen (secondary N) is 2. The molecule has 1 amide bonds. The van der Waals surface area contributed by atoms with E-state index in [0.29, 0.717) is 24.5 Å². The molecule has 0 radical (unpaired) electrons. The van der Waals surface area contributed by atoms with E-state index >= 15 is 0 Å². The number of rotatable bonds is 8. The molecule has 1 heterocycles. The molecular formula is C27H31N3O6S2. The third-order valence-electron chi connectivity index (χ3n) is 6.29. The van der Waals surface area contributed by atoms with E-state index in [-0.39, 0.29) is 26.9 Å². The van der Waals surface area contributed by atoms with E-state index in [4.69, 9.17) is 4.74 Å². The number of benzene rings is 3. The first-order valence-corrected chi connectivity index (χ1v) is 15.3. The molecule has 202 valence electrons. The standard InChI is InChI=1S/C27H31N3O6S2/c1-20-8-7-9-22(18-20)29-37(32,33)23-12-10-21(11-13-23)28-38(34,35)24-14-15-26(36-2)25(19-24)27(31)30-16-5-3-4-6-17-30/h7-15,18-19,28-29H,3-6,16-17H2,1-2H3. The van der Waals surface area contributed by atoms with Crippen molar-refractivity contribution < 1.29 is 26.4 Å². The van der Waals surface area contributed by atoms with Gasteiger partial charge >= 0.3 is 0 Å².